The van der Waals surface area contributed by atoms with Gasteiger partial charge in [0.25, 0.3) is 5.91 Å². The monoisotopic (exact) mass is 356 g/mol. The fourth-order valence-corrected chi connectivity index (χ4v) is 3.45. The van der Waals surface area contributed by atoms with Gasteiger partial charge in [-0.05, 0) is 30.4 Å². The van der Waals surface area contributed by atoms with Crippen LogP contribution in [-0.4, -0.2) is 45.8 Å². The molecule has 0 radical (unpaired) electrons. The van der Waals surface area contributed by atoms with Crippen LogP contribution in [0.1, 0.15) is 23.2 Å². The van der Waals surface area contributed by atoms with Crippen molar-refractivity contribution in [3.8, 4) is 0 Å². The number of amides is 1. The number of alkyl halides is 3. The van der Waals surface area contributed by atoms with Gasteiger partial charge in [0, 0.05) is 33.7 Å². The lowest BCUT2D eigenvalue weighted by Crippen LogP contribution is -2.31. The smallest absolute Gasteiger partial charge is 0.386 e. The van der Waals surface area contributed by atoms with Gasteiger partial charge < -0.3 is 20.9 Å². The van der Waals surface area contributed by atoms with Gasteiger partial charge in [-0.15, -0.1) is 0 Å². The SMILES string of the molecule is CNc1cc(C(=O)NCCC(F)(F)F)c(N2CC3CC3C2)cc1NC. The molecule has 2 fully saturated rings. The van der Waals surface area contributed by atoms with Gasteiger partial charge in [-0.2, -0.15) is 13.2 Å². The van der Waals surface area contributed by atoms with E-state index < -0.39 is 25.0 Å². The highest BCUT2D eigenvalue weighted by molar-refractivity contribution is 6.02. The molecule has 1 saturated heterocycles. The predicted molar refractivity (Wildman–Crippen MR) is 92.4 cm³/mol. The molecule has 0 bridgehead atoms. The molecule has 1 aromatic carbocycles. The molecule has 8 heteroatoms. The molecule has 0 aromatic heterocycles. The number of carbonyl (C=O) groups is 1. The van der Waals surface area contributed by atoms with Crippen molar-refractivity contribution in [3.63, 3.8) is 0 Å². The molecule has 25 heavy (non-hydrogen) atoms. The molecule has 1 aliphatic heterocycles. The molecule has 1 amide bonds. The summed E-state index contributed by atoms with van der Waals surface area (Å²) in [5.74, 6) is 0.894. The second kappa shape index (κ2) is 6.65. The standard InChI is InChI=1S/C17H23F3N4O/c1-21-13-6-12(16(25)23-4-3-17(18,19)20)15(7-14(13)22-2)24-8-10-5-11(10)9-24/h6-7,10-11,21-22H,3-5,8-9H2,1-2H3,(H,23,25). The van der Waals surface area contributed by atoms with Crippen LogP contribution in [0.15, 0.2) is 12.1 Å². The van der Waals surface area contributed by atoms with Crippen LogP contribution in [-0.2, 0) is 0 Å². The Morgan fingerprint density at radius 1 is 1.16 bits per heavy atom. The lowest BCUT2D eigenvalue weighted by Gasteiger charge is -2.25. The number of hydrogen-bond donors (Lipinski definition) is 3. The quantitative estimate of drug-likeness (QED) is 0.734. The molecule has 3 rings (SSSR count). The summed E-state index contributed by atoms with van der Waals surface area (Å²) in [6.45, 7) is 1.38. The Labute approximate surface area is 145 Å². The Hall–Kier alpha value is -2.12. The van der Waals surface area contributed by atoms with Crippen LogP contribution in [0.25, 0.3) is 0 Å². The van der Waals surface area contributed by atoms with Crippen LogP contribution < -0.4 is 20.9 Å². The third-order valence-corrected chi connectivity index (χ3v) is 4.93. The average Bonchev–Trinajstić information content (AvgIpc) is 3.17. The topological polar surface area (TPSA) is 56.4 Å². The van der Waals surface area contributed by atoms with Crippen LogP contribution in [0.2, 0.25) is 0 Å². The summed E-state index contributed by atoms with van der Waals surface area (Å²) in [4.78, 5) is 14.7. The molecule has 0 spiro atoms. The van der Waals surface area contributed by atoms with Gasteiger partial charge in [0.15, 0.2) is 0 Å². The van der Waals surface area contributed by atoms with Gasteiger partial charge in [-0.25, -0.2) is 0 Å². The summed E-state index contributed by atoms with van der Waals surface area (Å²) in [6.07, 6.45) is -4.08. The Kier molecular flexibility index (Phi) is 4.71. The van der Waals surface area contributed by atoms with Gasteiger partial charge >= 0.3 is 6.18 Å². The van der Waals surface area contributed by atoms with Crippen molar-refractivity contribution >= 4 is 23.0 Å². The molecule has 1 saturated carbocycles. The van der Waals surface area contributed by atoms with Gasteiger partial charge in [-0.1, -0.05) is 0 Å². The second-order valence-electron chi connectivity index (χ2n) is 6.70. The van der Waals surface area contributed by atoms with E-state index in [2.05, 4.69) is 20.9 Å². The zero-order valence-corrected chi connectivity index (χ0v) is 14.3. The fourth-order valence-electron chi connectivity index (χ4n) is 3.45. The molecule has 2 aliphatic rings. The van der Waals surface area contributed by atoms with E-state index in [1.54, 1.807) is 20.2 Å². The van der Waals surface area contributed by atoms with Crippen LogP contribution in [0, 0.1) is 11.8 Å². The minimum atomic E-state index is -4.28. The number of piperidine rings is 1. The number of nitrogens with one attached hydrogen (secondary N) is 3. The number of carbonyl (C=O) groups excluding carboxylic acids is 1. The maximum Gasteiger partial charge on any atom is 0.390 e. The van der Waals surface area contributed by atoms with E-state index >= 15 is 0 Å². The predicted octanol–water partition coefficient (Wildman–Crippen LogP) is 2.91. The molecule has 2 atom stereocenters. The van der Waals surface area contributed by atoms with Gasteiger partial charge in [-0.3, -0.25) is 4.79 Å². The highest BCUT2D eigenvalue weighted by atomic mass is 19.4. The van der Waals surface area contributed by atoms with Crippen LogP contribution in [0.4, 0.5) is 30.2 Å². The molecule has 1 aromatic rings. The zero-order valence-electron chi connectivity index (χ0n) is 14.3. The largest absolute Gasteiger partial charge is 0.390 e. The number of hydrogen-bond acceptors (Lipinski definition) is 4. The van der Waals surface area contributed by atoms with Gasteiger partial charge in [0.05, 0.1) is 29.0 Å². The molecular formula is C17H23F3N4O. The number of benzene rings is 1. The van der Waals surface area contributed by atoms with E-state index in [0.717, 1.165) is 30.2 Å². The third-order valence-electron chi connectivity index (χ3n) is 4.93. The van der Waals surface area contributed by atoms with Crippen LogP contribution >= 0.6 is 0 Å². The van der Waals surface area contributed by atoms with Gasteiger partial charge in [0.2, 0.25) is 0 Å². The summed E-state index contributed by atoms with van der Waals surface area (Å²) in [5, 5.41) is 8.51. The van der Waals surface area contributed by atoms with E-state index in [-0.39, 0.29) is 0 Å². The Morgan fingerprint density at radius 3 is 2.32 bits per heavy atom. The van der Waals surface area contributed by atoms with Crippen LogP contribution in [0.5, 0.6) is 0 Å². The first-order valence-corrected chi connectivity index (χ1v) is 8.46. The number of anilines is 3. The Bertz CT molecular complexity index is 652. The number of rotatable bonds is 6. The van der Waals surface area contributed by atoms with Crippen molar-refractivity contribution < 1.29 is 18.0 Å². The highest BCUT2D eigenvalue weighted by Gasteiger charge is 2.45. The molecule has 3 N–H and O–H groups in total. The van der Waals surface area contributed by atoms with Crippen molar-refractivity contribution in [1.82, 2.24) is 5.32 Å². The first-order valence-electron chi connectivity index (χ1n) is 8.46. The summed E-state index contributed by atoms with van der Waals surface area (Å²) >= 11 is 0. The lowest BCUT2D eigenvalue weighted by atomic mass is 10.1. The van der Waals surface area contributed by atoms with Crippen molar-refractivity contribution in [1.29, 1.82) is 0 Å². The summed E-state index contributed by atoms with van der Waals surface area (Å²) in [7, 11) is 3.54. The molecule has 138 valence electrons. The van der Waals surface area contributed by atoms with Crippen LogP contribution in [0.3, 0.4) is 0 Å². The first-order chi connectivity index (χ1) is 11.8. The molecule has 1 aliphatic carbocycles. The highest BCUT2D eigenvalue weighted by Crippen LogP contribution is 2.47. The van der Waals surface area contributed by atoms with E-state index in [0.29, 0.717) is 17.4 Å². The lowest BCUT2D eigenvalue weighted by molar-refractivity contribution is -0.132. The number of fused-ring (bicyclic) bond motifs is 1. The third kappa shape index (κ3) is 3.93. The first kappa shape index (κ1) is 17.7. The van der Waals surface area contributed by atoms with Crippen molar-refractivity contribution in [2.24, 2.45) is 11.8 Å². The average molecular weight is 356 g/mol. The van der Waals surface area contributed by atoms with Crippen molar-refractivity contribution in [2.75, 3.05) is 49.3 Å². The molecule has 1 heterocycles. The Morgan fingerprint density at radius 2 is 1.76 bits per heavy atom. The zero-order chi connectivity index (χ0) is 18.2. The van der Waals surface area contributed by atoms with E-state index in [9.17, 15) is 18.0 Å². The minimum absolute atomic E-state index is 0.409. The molecule has 2 unspecified atom stereocenters. The normalized spacial score (nSPS) is 21.7. The molecular weight excluding hydrogens is 333 g/mol. The number of nitrogens with zero attached hydrogens (tertiary/aromatic N) is 1. The summed E-state index contributed by atoms with van der Waals surface area (Å²) in [5.41, 5.74) is 2.77. The number of halogens is 3. The summed E-state index contributed by atoms with van der Waals surface area (Å²) < 4.78 is 37.0. The second-order valence-corrected chi connectivity index (χ2v) is 6.70. The maximum atomic E-state index is 12.5. The molecule has 5 nitrogen and oxygen atoms in total. The minimum Gasteiger partial charge on any atom is -0.386 e. The van der Waals surface area contributed by atoms with Gasteiger partial charge in [0.1, 0.15) is 0 Å². The van der Waals surface area contributed by atoms with Crippen molar-refractivity contribution in [3.05, 3.63) is 17.7 Å². The Balaban J connectivity index is 1.83. The maximum absolute atomic E-state index is 12.5. The fraction of sp³-hybridized carbons (Fsp3) is 0.588. The van der Waals surface area contributed by atoms with E-state index in [1.807, 2.05) is 6.07 Å². The van der Waals surface area contributed by atoms with Crippen molar-refractivity contribution in [2.45, 2.75) is 19.0 Å². The van der Waals surface area contributed by atoms with E-state index in [1.165, 1.54) is 6.42 Å². The summed E-state index contributed by atoms with van der Waals surface area (Å²) in [6, 6.07) is 3.60. The van der Waals surface area contributed by atoms with E-state index in [4.69, 9.17) is 0 Å².